The number of hydrogen-bond acceptors (Lipinski definition) is 3. The van der Waals surface area contributed by atoms with Crippen LogP contribution >= 0.6 is 11.3 Å². The number of carbonyl (C=O) groups is 1. The van der Waals surface area contributed by atoms with Gasteiger partial charge in [0, 0.05) is 28.2 Å². The summed E-state index contributed by atoms with van der Waals surface area (Å²) in [5.41, 5.74) is 3.05. The minimum absolute atomic E-state index is 0.229. The molecular formula is C21H15FN2OS. The van der Waals surface area contributed by atoms with E-state index >= 15 is 0 Å². The lowest BCUT2D eigenvalue weighted by Gasteiger charge is -2.06. The van der Waals surface area contributed by atoms with E-state index in [0.29, 0.717) is 16.0 Å². The smallest absolute Gasteiger partial charge is 0.265 e. The number of hydrogen-bond donors (Lipinski definition) is 1. The summed E-state index contributed by atoms with van der Waals surface area (Å²) < 4.78 is 14.6. The van der Waals surface area contributed by atoms with E-state index in [1.165, 1.54) is 23.0 Å². The second-order valence-electron chi connectivity index (χ2n) is 5.95. The summed E-state index contributed by atoms with van der Waals surface area (Å²) in [6, 6.07) is 18.2. The van der Waals surface area contributed by atoms with Crippen molar-refractivity contribution in [2.45, 2.75) is 6.42 Å². The molecule has 0 saturated heterocycles. The first-order valence-corrected chi connectivity index (χ1v) is 8.98. The van der Waals surface area contributed by atoms with Crippen LogP contribution in [-0.4, -0.2) is 10.9 Å². The molecule has 0 bridgehead atoms. The van der Waals surface area contributed by atoms with Gasteiger partial charge in [0.25, 0.3) is 5.91 Å². The maximum atomic E-state index is 13.8. The molecule has 1 N–H and O–H groups in total. The normalized spacial score (nSPS) is 10.8. The standard InChI is InChI=1S/C21H15FN2OS/c22-18-2-1-3-19-17(18)13-20(26-19)21(25)24-16-6-4-14(5-7-16)12-15-8-10-23-11-9-15/h1-11,13H,12H2,(H,24,25). The van der Waals surface area contributed by atoms with Crippen molar-refractivity contribution in [2.24, 2.45) is 0 Å². The van der Waals surface area contributed by atoms with Crippen LogP contribution < -0.4 is 5.32 Å². The molecule has 0 aliphatic rings. The third-order valence-electron chi connectivity index (χ3n) is 4.10. The fraction of sp³-hybridized carbons (Fsp3) is 0.0476. The third kappa shape index (κ3) is 3.48. The van der Waals surface area contributed by atoms with E-state index < -0.39 is 0 Å². The van der Waals surface area contributed by atoms with E-state index in [4.69, 9.17) is 0 Å². The predicted octanol–water partition coefficient (Wildman–Crippen LogP) is 5.28. The Kier molecular flexibility index (Phi) is 4.46. The van der Waals surface area contributed by atoms with E-state index in [2.05, 4.69) is 10.3 Å². The van der Waals surface area contributed by atoms with Crippen LogP contribution in [0, 0.1) is 5.82 Å². The average molecular weight is 362 g/mol. The number of aromatic nitrogens is 1. The van der Waals surface area contributed by atoms with Gasteiger partial charge in [0.05, 0.1) is 4.88 Å². The van der Waals surface area contributed by atoms with E-state index in [9.17, 15) is 9.18 Å². The van der Waals surface area contributed by atoms with Gasteiger partial charge in [-0.15, -0.1) is 11.3 Å². The van der Waals surface area contributed by atoms with Gasteiger partial charge in [0.1, 0.15) is 5.82 Å². The van der Waals surface area contributed by atoms with Crippen LogP contribution in [0.1, 0.15) is 20.8 Å². The Morgan fingerprint density at radius 1 is 1.00 bits per heavy atom. The van der Waals surface area contributed by atoms with E-state index in [1.807, 2.05) is 42.5 Å². The Morgan fingerprint density at radius 2 is 1.73 bits per heavy atom. The number of nitrogens with one attached hydrogen (secondary N) is 1. The Bertz CT molecular complexity index is 1060. The van der Waals surface area contributed by atoms with Crippen LogP contribution in [0.15, 0.2) is 73.1 Å². The van der Waals surface area contributed by atoms with E-state index in [1.54, 1.807) is 24.5 Å². The quantitative estimate of drug-likeness (QED) is 0.537. The Labute approximate surface area is 154 Å². The van der Waals surface area contributed by atoms with Crippen LogP contribution in [0.4, 0.5) is 10.1 Å². The molecule has 2 aromatic heterocycles. The SMILES string of the molecule is O=C(Nc1ccc(Cc2ccncc2)cc1)c1cc2c(F)cccc2s1. The van der Waals surface area contributed by atoms with Gasteiger partial charge in [-0.25, -0.2) is 4.39 Å². The highest BCUT2D eigenvalue weighted by atomic mass is 32.1. The van der Waals surface area contributed by atoms with Crippen LogP contribution in [0.2, 0.25) is 0 Å². The number of nitrogens with zero attached hydrogens (tertiary/aromatic N) is 1. The van der Waals surface area contributed by atoms with Crippen molar-refractivity contribution in [2.75, 3.05) is 5.32 Å². The highest BCUT2D eigenvalue weighted by Gasteiger charge is 2.12. The molecule has 5 heteroatoms. The van der Waals surface area contributed by atoms with Gasteiger partial charge in [0.2, 0.25) is 0 Å². The summed E-state index contributed by atoms with van der Waals surface area (Å²) in [7, 11) is 0. The van der Waals surface area contributed by atoms with Crippen molar-refractivity contribution >= 4 is 33.0 Å². The number of rotatable bonds is 4. The summed E-state index contributed by atoms with van der Waals surface area (Å²) in [5, 5.41) is 3.35. The molecule has 0 spiro atoms. The maximum Gasteiger partial charge on any atom is 0.265 e. The molecule has 26 heavy (non-hydrogen) atoms. The lowest BCUT2D eigenvalue weighted by Crippen LogP contribution is -2.09. The number of anilines is 1. The molecule has 128 valence electrons. The molecule has 0 unspecified atom stereocenters. The molecule has 0 aliphatic carbocycles. The van der Waals surface area contributed by atoms with Gasteiger partial charge in [-0.2, -0.15) is 0 Å². The van der Waals surface area contributed by atoms with Gasteiger partial charge >= 0.3 is 0 Å². The van der Waals surface area contributed by atoms with Gasteiger partial charge in [-0.05, 0) is 60.0 Å². The van der Waals surface area contributed by atoms with Crippen LogP contribution in [0.25, 0.3) is 10.1 Å². The minimum Gasteiger partial charge on any atom is -0.321 e. The number of thiophene rings is 1. The van der Waals surface area contributed by atoms with Crippen molar-refractivity contribution in [1.82, 2.24) is 4.98 Å². The van der Waals surface area contributed by atoms with Crippen molar-refractivity contribution in [3.63, 3.8) is 0 Å². The molecule has 2 aromatic carbocycles. The monoisotopic (exact) mass is 362 g/mol. The van der Waals surface area contributed by atoms with Gasteiger partial charge in [-0.3, -0.25) is 9.78 Å². The maximum absolute atomic E-state index is 13.8. The molecule has 0 atom stereocenters. The third-order valence-corrected chi connectivity index (χ3v) is 5.20. The number of pyridine rings is 1. The zero-order valence-corrected chi connectivity index (χ0v) is 14.6. The molecular weight excluding hydrogens is 347 g/mol. The summed E-state index contributed by atoms with van der Waals surface area (Å²) in [6.07, 6.45) is 4.36. The van der Waals surface area contributed by atoms with E-state index in [0.717, 1.165) is 16.7 Å². The minimum atomic E-state index is -0.307. The second-order valence-corrected chi connectivity index (χ2v) is 7.03. The van der Waals surface area contributed by atoms with Crippen molar-refractivity contribution < 1.29 is 9.18 Å². The molecule has 1 amide bonds. The first-order valence-electron chi connectivity index (χ1n) is 8.16. The highest BCUT2D eigenvalue weighted by molar-refractivity contribution is 7.20. The molecule has 4 aromatic rings. The van der Waals surface area contributed by atoms with Crippen molar-refractivity contribution in [1.29, 1.82) is 0 Å². The highest BCUT2D eigenvalue weighted by Crippen LogP contribution is 2.28. The lowest BCUT2D eigenvalue weighted by atomic mass is 10.1. The van der Waals surface area contributed by atoms with E-state index in [-0.39, 0.29) is 11.7 Å². The number of fused-ring (bicyclic) bond motifs is 1. The molecule has 0 saturated carbocycles. The van der Waals surface area contributed by atoms with Crippen LogP contribution in [0.5, 0.6) is 0 Å². The molecule has 0 fully saturated rings. The number of benzene rings is 2. The van der Waals surface area contributed by atoms with Gasteiger partial charge in [0.15, 0.2) is 0 Å². The molecule has 2 heterocycles. The average Bonchev–Trinajstić information content (AvgIpc) is 3.10. The Balaban J connectivity index is 1.47. The van der Waals surface area contributed by atoms with Crippen molar-refractivity contribution in [3.05, 3.63) is 94.9 Å². The molecule has 3 nitrogen and oxygen atoms in total. The lowest BCUT2D eigenvalue weighted by molar-refractivity contribution is 0.103. The predicted molar refractivity (Wildman–Crippen MR) is 103 cm³/mol. The fourth-order valence-corrected chi connectivity index (χ4v) is 3.74. The van der Waals surface area contributed by atoms with Crippen molar-refractivity contribution in [3.8, 4) is 0 Å². The Hall–Kier alpha value is -3.05. The zero-order valence-electron chi connectivity index (χ0n) is 13.8. The van der Waals surface area contributed by atoms with Gasteiger partial charge in [-0.1, -0.05) is 18.2 Å². The number of carbonyl (C=O) groups excluding carboxylic acids is 1. The van der Waals surface area contributed by atoms with Crippen LogP contribution in [0.3, 0.4) is 0 Å². The first kappa shape index (κ1) is 16.4. The largest absolute Gasteiger partial charge is 0.321 e. The second kappa shape index (κ2) is 7.06. The Morgan fingerprint density at radius 3 is 2.46 bits per heavy atom. The summed E-state index contributed by atoms with van der Waals surface area (Å²) in [6.45, 7) is 0. The van der Waals surface area contributed by atoms with Crippen LogP contribution in [-0.2, 0) is 6.42 Å². The molecule has 0 aliphatic heterocycles. The summed E-state index contributed by atoms with van der Waals surface area (Å²) in [4.78, 5) is 16.9. The molecule has 4 rings (SSSR count). The zero-order chi connectivity index (χ0) is 17.9. The molecule has 0 radical (unpaired) electrons. The number of halogens is 1. The topological polar surface area (TPSA) is 42.0 Å². The summed E-state index contributed by atoms with van der Waals surface area (Å²) in [5.74, 6) is -0.536. The number of amides is 1. The van der Waals surface area contributed by atoms with Gasteiger partial charge < -0.3 is 5.32 Å². The first-order chi connectivity index (χ1) is 12.7. The summed E-state index contributed by atoms with van der Waals surface area (Å²) >= 11 is 1.29. The fourth-order valence-electron chi connectivity index (χ4n) is 2.77.